The van der Waals surface area contributed by atoms with Crippen molar-refractivity contribution < 1.29 is 4.79 Å². The summed E-state index contributed by atoms with van der Waals surface area (Å²) in [5.74, 6) is 6.43. The maximum Gasteiger partial charge on any atom is 0.237 e. The Morgan fingerprint density at radius 1 is 1.47 bits per heavy atom. The van der Waals surface area contributed by atoms with Crippen LogP contribution in [0.25, 0.3) is 0 Å². The summed E-state index contributed by atoms with van der Waals surface area (Å²) in [7, 11) is 0. The third-order valence-corrected chi connectivity index (χ3v) is 2.50. The molecule has 0 saturated carbocycles. The number of amides is 1. The number of rotatable bonds is 7. The van der Waals surface area contributed by atoms with E-state index in [1.807, 2.05) is 0 Å². The van der Waals surface area contributed by atoms with Crippen molar-refractivity contribution in [1.29, 1.82) is 0 Å². The summed E-state index contributed by atoms with van der Waals surface area (Å²) in [4.78, 5) is 11.3. The van der Waals surface area contributed by atoms with Crippen molar-refractivity contribution in [3.05, 3.63) is 0 Å². The first-order valence-electron chi connectivity index (χ1n) is 4.68. The molecule has 0 aromatic heterocycles. The molecule has 1 atom stereocenters. The van der Waals surface area contributed by atoms with Crippen molar-refractivity contribution in [2.75, 3.05) is 24.6 Å². The molecule has 3 nitrogen and oxygen atoms in total. The summed E-state index contributed by atoms with van der Waals surface area (Å²) in [6.45, 7) is 2.84. The lowest BCUT2D eigenvalue weighted by Crippen LogP contribution is -2.43. The zero-order valence-corrected chi connectivity index (χ0v) is 9.69. The molecule has 0 bridgehead atoms. The van der Waals surface area contributed by atoms with Crippen LogP contribution in [0.15, 0.2) is 0 Å². The van der Waals surface area contributed by atoms with Gasteiger partial charge in [-0.3, -0.25) is 4.79 Å². The number of carbonyl (C=O) groups excluding carboxylic acids is 1. The number of carbonyl (C=O) groups is 1. The monoisotopic (exact) mass is 224 g/mol. The van der Waals surface area contributed by atoms with Gasteiger partial charge < -0.3 is 10.6 Å². The van der Waals surface area contributed by atoms with Crippen LogP contribution in [0.4, 0.5) is 0 Å². The van der Waals surface area contributed by atoms with Gasteiger partial charge in [0.25, 0.3) is 0 Å². The Morgan fingerprint density at radius 3 is 2.80 bits per heavy atom. The molecule has 0 aromatic rings. The fourth-order valence-electron chi connectivity index (χ4n) is 0.863. The second-order valence-corrected chi connectivity index (χ2v) is 3.96. The first-order chi connectivity index (χ1) is 7.22. The molecule has 0 aliphatic heterocycles. The van der Waals surface area contributed by atoms with E-state index in [0.717, 1.165) is 12.3 Å². The molecule has 0 saturated heterocycles. The average Bonchev–Trinajstić information content (AvgIpc) is 2.25. The van der Waals surface area contributed by atoms with E-state index in [-0.39, 0.29) is 18.5 Å². The van der Waals surface area contributed by atoms with Crippen LogP contribution in [0.3, 0.4) is 0 Å². The van der Waals surface area contributed by atoms with Crippen LogP contribution >= 0.6 is 11.8 Å². The molecular formula is C11H16N2OS. The van der Waals surface area contributed by atoms with Gasteiger partial charge in [-0.2, -0.15) is 0 Å². The predicted octanol–water partition coefficient (Wildman–Crippen LogP) is 0.0803. The standard InChI is InChI=1S/C11H16N2OS/c1-4-6-13-11(14)10(3)12-7-9-15-8-5-2/h1-2,10,12H,6-9H2,3H3,(H,13,14). The first kappa shape index (κ1) is 13.9. The maximum atomic E-state index is 11.3. The van der Waals surface area contributed by atoms with Crippen molar-refractivity contribution >= 4 is 17.7 Å². The fourth-order valence-corrected chi connectivity index (χ4v) is 1.39. The zero-order valence-electron chi connectivity index (χ0n) is 8.88. The van der Waals surface area contributed by atoms with Crippen LogP contribution in [-0.2, 0) is 4.79 Å². The molecule has 1 unspecified atom stereocenters. The van der Waals surface area contributed by atoms with Crippen molar-refractivity contribution in [3.8, 4) is 24.7 Å². The molecule has 0 aromatic carbocycles. The van der Waals surface area contributed by atoms with E-state index in [1.54, 1.807) is 18.7 Å². The van der Waals surface area contributed by atoms with E-state index >= 15 is 0 Å². The van der Waals surface area contributed by atoms with Crippen LogP contribution in [0.1, 0.15) is 6.92 Å². The second-order valence-electron chi connectivity index (χ2n) is 2.85. The summed E-state index contributed by atoms with van der Waals surface area (Å²) >= 11 is 1.66. The maximum absolute atomic E-state index is 11.3. The SMILES string of the molecule is C#CCNC(=O)C(C)NCCSCC#C. The number of hydrogen-bond acceptors (Lipinski definition) is 3. The van der Waals surface area contributed by atoms with E-state index in [4.69, 9.17) is 12.8 Å². The van der Waals surface area contributed by atoms with Crippen molar-refractivity contribution in [1.82, 2.24) is 10.6 Å². The molecule has 0 heterocycles. The summed E-state index contributed by atoms with van der Waals surface area (Å²) < 4.78 is 0. The van der Waals surface area contributed by atoms with Gasteiger partial charge >= 0.3 is 0 Å². The first-order valence-corrected chi connectivity index (χ1v) is 5.83. The lowest BCUT2D eigenvalue weighted by atomic mass is 10.3. The predicted molar refractivity (Wildman–Crippen MR) is 65.5 cm³/mol. The highest BCUT2D eigenvalue weighted by Crippen LogP contribution is 1.95. The Kier molecular flexibility index (Phi) is 8.76. The molecule has 82 valence electrons. The van der Waals surface area contributed by atoms with Gasteiger partial charge in [0.2, 0.25) is 5.91 Å². The number of thioether (sulfide) groups is 1. The molecule has 4 heteroatoms. The number of nitrogens with one attached hydrogen (secondary N) is 2. The van der Waals surface area contributed by atoms with E-state index < -0.39 is 0 Å². The highest BCUT2D eigenvalue weighted by molar-refractivity contribution is 7.99. The topological polar surface area (TPSA) is 41.1 Å². The molecule has 2 N–H and O–H groups in total. The summed E-state index contributed by atoms with van der Waals surface area (Å²) in [5, 5.41) is 5.69. The quantitative estimate of drug-likeness (QED) is 0.475. The van der Waals surface area contributed by atoms with Crippen LogP contribution in [-0.4, -0.2) is 36.5 Å². The van der Waals surface area contributed by atoms with Crippen LogP contribution in [0, 0.1) is 24.7 Å². The Labute approximate surface area is 95.8 Å². The number of hydrogen-bond donors (Lipinski definition) is 2. The number of terminal acetylenes is 2. The average molecular weight is 224 g/mol. The molecule has 1 amide bonds. The van der Waals surface area contributed by atoms with Gasteiger partial charge in [-0.25, -0.2) is 0 Å². The third-order valence-electron chi connectivity index (χ3n) is 1.64. The Balaban J connectivity index is 3.48. The molecular weight excluding hydrogens is 208 g/mol. The fraction of sp³-hybridized carbons (Fsp3) is 0.545. The lowest BCUT2D eigenvalue weighted by molar-refractivity contribution is -0.122. The van der Waals surface area contributed by atoms with E-state index in [1.165, 1.54) is 0 Å². The smallest absolute Gasteiger partial charge is 0.237 e. The minimum absolute atomic E-state index is 0.0742. The van der Waals surface area contributed by atoms with Crippen molar-refractivity contribution in [3.63, 3.8) is 0 Å². The van der Waals surface area contributed by atoms with Gasteiger partial charge in [0, 0.05) is 12.3 Å². The molecule has 0 aliphatic rings. The van der Waals surface area contributed by atoms with Gasteiger partial charge in [-0.15, -0.1) is 24.6 Å². The minimum atomic E-state index is -0.218. The van der Waals surface area contributed by atoms with E-state index in [2.05, 4.69) is 22.5 Å². The van der Waals surface area contributed by atoms with Gasteiger partial charge in [-0.1, -0.05) is 11.8 Å². The highest BCUT2D eigenvalue weighted by atomic mass is 32.2. The molecule has 0 fully saturated rings. The summed E-state index contributed by atoms with van der Waals surface area (Å²) in [6.07, 6.45) is 10.1. The molecule has 0 radical (unpaired) electrons. The van der Waals surface area contributed by atoms with Gasteiger partial charge in [-0.05, 0) is 6.92 Å². The van der Waals surface area contributed by atoms with Crippen LogP contribution < -0.4 is 10.6 Å². The molecule has 0 spiro atoms. The highest BCUT2D eigenvalue weighted by Gasteiger charge is 2.09. The largest absolute Gasteiger partial charge is 0.344 e. The Hall–Kier alpha value is -1.10. The lowest BCUT2D eigenvalue weighted by Gasteiger charge is -2.12. The van der Waals surface area contributed by atoms with E-state index in [9.17, 15) is 4.79 Å². The third kappa shape index (κ3) is 7.93. The second kappa shape index (κ2) is 9.45. The van der Waals surface area contributed by atoms with Gasteiger partial charge in [0.15, 0.2) is 0 Å². The van der Waals surface area contributed by atoms with Crippen molar-refractivity contribution in [2.24, 2.45) is 0 Å². The summed E-state index contributed by atoms with van der Waals surface area (Å²) in [6, 6.07) is -0.218. The molecule has 15 heavy (non-hydrogen) atoms. The van der Waals surface area contributed by atoms with Gasteiger partial charge in [0.05, 0.1) is 18.3 Å². The molecule has 0 aliphatic carbocycles. The normalized spacial score (nSPS) is 11.1. The van der Waals surface area contributed by atoms with Crippen LogP contribution in [0.2, 0.25) is 0 Å². The Bertz CT molecular complexity index is 265. The summed E-state index contributed by atoms with van der Waals surface area (Å²) in [5.41, 5.74) is 0. The van der Waals surface area contributed by atoms with E-state index in [0.29, 0.717) is 5.75 Å². The molecule has 0 rings (SSSR count). The zero-order chi connectivity index (χ0) is 11.5. The minimum Gasteiger partial charge on any atom is -0.344 e. The van der Waals surface area contributed by atoms with Gasteiger partial charge in [0.1, 0.15) is 0 Å². The van der Waals surface area contributed by atoms with Crippen molar-refractivity contribution in [2.45, 2.75) is 13.0 Å². The van der Waals surface area contributed by atoms with Crippen LogP contribution in [0.5, 0.6) is 0 Å². The Morgan fingerprint density at radius 2 is 2.20 bits per heavy atom.